The van der Waals surface area contributed by atoms with Crippen LogP contribution in [-0.2, 0) is 0 Å². The van der Waals surface area contributed by atoms with Gasteiger partial charge in [-0.25, -0.2) is 0 Å². The van der Waals surface area contributed by atoms with E-state index in [-0.39, 0.29) is 0 Å². The Hall–Kier alpha value is -1.08. The minimum atomic E-state index is 0.604. The van der Waals surface area contributed by atoms with Crippen LogP contribution in [0.5, 0.6) is 0 Å². The summed E-state index contributed by atoms with van der Waals surface area (Å²) in [6, 6.07) is 6.41. The first-order valence-corrected chi connectivity index (χ1v) is 4.18. The molecule has 0 saturated heterocycles. The van der Waals surface area contributed by atoms with Crippen molar-refractivity contribution in [1.82, 2.24) is 0 Å². The van der Waals surface area contributed by atoms with E-state index in [0.29, 0.717) is 6.54 Å². The second-order valence-corrected chi connectivity index (χ2v) is 3.00. The van der Waals surface area contributed by atoms with Gasteiger partial charge in [0.1, 0.15) is 0 Å². The number of hydrogen-bond donors (Lipinski definition) is 1. The Morgan fingerprint density at radius 2 is 2.08 bits per heavy atom. The molecule has 0 aromatic heterocycles. The molecule has 12 heavy (non-hydrogen) atoms. The van der Waals surface area contributed by atoms with Gasteiger partial charge in [-0.2, -0.15) is 0 Å². The molecule has 0 aliphatic rings. The standard InChI is InChI=1S/C11H15N/c1-9-5-6-11(4-3-7-12)10(2)8-9/h3-6,8H,7,12H2,1-2H3/b4-3+. The lowest BCUT2D eigenvalue weighted by Crippen LogP contribution is -1.92. The van der Waals surface area contributed by atoms with Crippen molar-refractivity contribution in [3.05, 3.63) is 41.0 Å². The van der Waals surface area contributed by atoms with Crippen molar-refractivity contribution in [3.8, 4) is 0 Å². The monoisotopic (exact) mass is 161 g/mol. The fourth-order valence-corrected chi connectivity index (χ4v) is 1.21. The van der Waals surface area contributed by atoms with E-state index in [1.165, 1.54) is 16.7 Å². The summed E-state index contributed by atoms with van der Waals surface area (Å²) in [7, 11) is 0. The minimum absolute atomic E-state index is 0.604. The maximum Gasteiger partial charge on any atom is 0.0110 e. The van der Waals surface area contributed by atoms with Crippen LogP contribution in [0.25, 0.3) is 6.08 Å². The van der Waals surface area contributed by atoms with Crippen molar-refractivity contribution in [2.24, 2.45) is 5.73 Å². The molecule has 0 saturated carbocycles. The van der Waals surface area contributed by atoms with E-state index in [9.17, 15) is 0 Å². The Kier molecular flexibility index (Phi) is 3.06. The Morgan fingerprint density at radius 3 is 2.67 bits per heavy atom. The third-order valence-electron chi connectivity index (χ3n) is 1.86. The van der Waals surface area contributed by atoms with Crippen LogP contribution in [-0.4, -0.2) is 6.54 Å². The summed E-state index contributed by atoms with van der Waals surface area (Å²) in [5, 5.41) is 0. The number of benzene rings is 1. The van der Waals surface area contributed by atoms with E-state index in [0.717, 1.165) is 0 Å². The predicted octanol–water partition coefficient (Wildman–Crippen LogP) is 2.28. The molecule has 0 unspecified atom stereocenters. The number of nitrogens with two attached hydrogens (primary N) is 1. The van der Waals surface area contributed by atoms with Gasteiger partial charge in [-0.3, -0.25) is 0 Å². The summed E-state index contributed by atoms with van der Waals surface area (Å²) < 4.78 is 0. The first kappa shape index (κ1) is 9.01. The molecule has 1 rings (SSSR count). The summed E-state index contributed by atoms with van der Waals surface area (Å²) in [6.07, 6.45) is 4.03. The summed E-state index contributed by atoms with van der Waals surface area (Å²) in [4.78, 5) is 0. The summed E-state index contributed by atoms with van der Waals surface area (Å²) in [5.41, 5.74) is 9.23. The highest BCUT2D eigenvalue weighted by Gasteiger charge is 1.92. The summed E-state index contributed by atoms with van der Waals surface area (Å²) >= 11 is 0. The van der Waals surface area contributed by atoms with Crippen molar-refractivity contribution in [2.45, 2.75) is 13.8 Å². The highest BCUT2D eigenvalue weighted by Crippen LogP contribution is 2.11. The average Bonchev–Trinajstić information content (AvgIpc) is 2.03. The van der Waals surface area contributed by atoms with E-state index in [2.05, 4.69) is 38.1 Å². The van der Waals surface area contributed by atoms with Gasteiger partial charge in [0, 0.05) is 6.54 Å². The predicted molar refractivity (Wildman–Crippen MR) is 54.0 cm³/mol. The molecular formula is C11H15N. The zero-order valence-corrected chi connectivity index (χ0v) is 7.67. The molecule has 0 amide bonds. The smallest absolute Gasteiger partial charge is 0.0110 e. The molecule has 1 heteroatoms. The van der Waals surface area contributed by atoms with Crippen LogP contribution in [0.2, 0.25) is 0 Å². The molecule has 0 heterocycles. The first-order chi connectivity index (χ1) is 5.74. The van der Waals surface area contributed by atoms with E-state index in [4.69, 9.17) is 5.73 Å². The van der Waals surface area contributed by atoms with Gasteiger partial charge in [0.25, 0.3) is 0 Å². The molecule has 0 aliphatic carbocycles. The normalized spacial score (nSPS) is 10.9. The number of rotatable bonds is 2. The van der Waals surface area contributed by atoms with Crippen LogP contribution in [0.15, 0.2) is 24.3 Å². The lowest BCUT2D eigenvalue weighted by Gasteiger charge is -2.00. The molecule has 0 fully saturated rings. The van der Waals surface area contributed by atoms with Crippen molar-refractivity contribution < 1.29 is 0 Å². The molecular weight excluding hydrogens is 146 g/mol. The van der Waals surface area contributed by atoms with Gasteiger partial charge >= 0.3 is 0 Å². The zero-order valence-electron chi connectivity index (χ0n) is 7.67. The van der Waals surface area contributed by atoms with Crippen molar-refractivity contribution >= 4 is 6.08 Å². The number of aryl methyl sites for hydroxylation is 2. The zero-order chi connectivity index (χ0) is 8.97. The Bertz CT molecular complexity index is 287. The average molecular weight is 161 g/mol. The molecule has 0 radical (unpaired) electrons. The lowest BCUT2D eigenvalue weighted by atomic mass is 10.1. The fourth-order valence-electron chi connectivity index (χ4n) is 1.21. The molecule has 1 aromatic rings. The highest BCUT2D eigenvalue weighted by atomic mass is 14.5. The van der Waals surface area contributed by atoms with Crippen LogP contribution in [0, 0.1) is 13.8 Å². The van der Waals surface area contributed by atoms with Gasteiger partial charge in [0.2, 0.25) is 0 Å². The van der Waals surface area contributed by atoms with Gasteiger partial charge in [0.05, 0.1) is 0 Å². The van der Waals surface area contributed by atoms with Crippen LogP contribution in [0.3, 0.4) is 0 Å². The van der Waals surface area contributed by atoms with Crippen LogP contribution in [0.1, 0.15) is 16.7 Å². The molecule has 0 spiro atoms. The molecule has 0 bridgehead atoms. The largest absolute Gasteiger partial charge is 0.327 e. The molecule has 64 valence electrons. The van der Waals surface area contributed by atoms with Crippen molar-refractivity contribution in [2.75, 3.05) is 6.54 Å². The van der Waals surface area contributed by atoms with Gasteiger partial charge < -0.3 is 5.73 Å². The molecule has 2 N–H and O–H groups in total. The van der Waals surface area contributed by atoms with Crippen LogP contribution >= 0.6 is 0 Å². The maximum atomic E-state index is 5.37. The third-order valence-corrected chi connectivity index (χ3v) is 1.86. The summed E-state index contributed by atoms with van der Waals surface area (Å²) in [6.45, 7) is 4.82. The van der Waals surface area contributed by atoms with Gasteiger partial charge in [-0.05, 0) is 25.0 Å². The van der Waals surface area contributed by atoms with Crippen molar-refractivity contribution in [1.29, 1.82) is 0 Å². The van der Waals surface area contributed by atoms with E-state index in [1.807, 2.05) is 6.08 Å². The number of hydrogen-bond acceptors (Lipinski definition) is 1. The summed E-state index contributed by atoms with van der Waals surface area (Å²) in [5.74, 6) is 0. The Labute approximate surface area is 73.9 Å². The Balaban J connectivity index is 2.94. The third kappa shape index (κ3) is 2.21. The molecule has 1 nitrogen and oxygen atoms in total. The fraction of sp³-hybridized carbons (Fsp3) is 0.273. The Morgan fingerprint density at radius 1 is 1.33 bits per heavy atom. The van der Waals surface area contributed by atoms with E-state index < -0.39 is 0 Å². The SMILES string of the molecule is Cc1ccc(/C=C/CN)c(C)c1. The van der Waals surface area contributed by atoms with Gasteiger partial charge in [0.15, 0.2) is 0 Å². The van der Waals surface area contributed by atoms with Crippen molar-refractivity contribution in [3.63, 3.8) is 0 Å². The molecule has 1 aromatic carbocycles. The van der Waals surface area contributed by atoms with E-state index >= 15 is 0 Å². The second kappa shape index (κ2) is 4.07. The first-order valence-electron chi connectivity index (χ1n) is 4.18. The molecule has 0 atom stereocenters. The van der Waals surface area contributed by atoms with Crippen LogP contribution in [0.4, 0.5) is 0 Å². The quantitative estimate of drug-likeness (QED) is 0.707. The lowest BCUT2D eigenvalue weighted by molar-refractivity contribution is 1.26. The topological polar surface area (TPSA) is 26.0 Å². The maximum absolute atomic E-state index is 5.37. The second-order valence-electron chi connectivity index (χ2n) is 3.00. The van der Waals surface area contributed by atoms with E-state index in [1.54, 1.807) is 0 Å². The minimum Gasteiger partial charge on any atom is -0.327 e. The van der Waals surface area contributed by atoms with Crippen LogP contribution < -0.4 is 5.73 Å². The molecule has 0 aliphatic heterocycles. The van der Waals surface area contributed by atoms with Gasteiger partial charge in [-0.15, -0.1) is 0 Å². The highest BCUT2D eigenvalue weighted by molar-refractivity contribution is 5.54. The van der Waals surface area contributed by atoms with Gasteiger partial charge in [-0.1, -0.05) is 35.9 Å².